The highest BCUT2D eigenvalue weighted by molar-refractivity contribution is 5.25. The van der Waals surface area contributed by atoms with Crippen molar-refractivity contribution in [3.63, 3.8) is 0 Å². The Morgan fingerprint density at radius 1 is 1.17 bits per heavy atom. The van der Waals surface area contributed by atoms with Crippen LogP contribution in [-0.2, 0) is 12.8 Å². The minimum Gasteiger partial charge on any atom is -0.206 e. The molecule has 0 bridgehead atoms. The first kappa shape index (κ1) is 9.24. The minimum absolute atomic E-state index is 0.00171. The fraction of sp³-hybridized carbons (Fsp3) is 0.455. The predicted molar refractivity (Wildman–Crippen MR) is 49.8 cm³/mol. The number of hydrogen-bond donors (Lipinski definition) is 0. The summed E-state index contributed by atoms with van der Waals surface area (Å²) in [7, 11) is 0. The van der Waals surface area contributed by atoms with Gasteiger partial charge in [-0.15, -0.1) is 0 Å². The molecule has 0 fully saturated rings. The van der Waals surface area contributed by atoms with E-state index in [9.17, 15) is 4.39 Å². The van der Waals surface area contributed by atoms with Crippen LogP contribution in [0.2, 0.25) is 0 Å². The van der Waals surface area contributed by atoms with Gasteiger partial charge in [-0.1, -0.05) is 38.5 Å². The molecule has 0 heterocycles. The topological polar surface area (TPSA) is 0 Å². The van der Waals surface area contributed by atoms with Crippen molar-refractivity contribution < 1.29 is 4.39 Å². The van der Waals surface area contributed by atoms with Crippen LogP contribution in [0.5, 0.6) is 0 Å². The van der Waals surface area contributed by atoms with Crippen LogP contribution >= 0.6 is 0 Å². The van der Waals surface area contributed by atoms with Crippen molar-refractivity contribution in [1.82, 2.24) is 0 Å². The quantitative estimate of drug-likeness (QED) is 0.646. The second-order valence-corrected chi connectivity index (χ2v) is 2.99. The van der Waals surface area contributed by atoms with Gasteiger partial charge < -0.3 is 0 Å². The van der Waals surface area contributed by atoms with Gasteiger partial charge in [-0.25, -0.2) is 4.39 Å². The first-order valence-corrected chi connectivity index (χ1v) is 4.55. The summed E-state index contributed by atoms with van der Waals surface area (Å²) in [6.07, 6.45) is 2.63. The SMILES string of the molecule is CCCc1cccc(CC)c1F. The van der Waals surface area contributed by atoms with Crippen molar-refractivity contribution in [2.24, 2.45) is 0 Å². The molecule has 0 unspecified atom stereocenters. The lowest BCUT2D eigenvalue weighted by molar-refractivity contribution is 0.592. The summed E-state index contributed by atoms with van der Waals surface area (Å²) in [5.41, 5.74) is 1.69. The van der Waals surface area contributed by atoms with Gasteiger partial charge >= 0.3 is 0 Å². The minimum atomic E-state index is 0.00171. The number of halogens is 1. The molecule has 66 valence electrons. The molecular weight excluding hydrogens is 151 g/mol. The maximum Gasteiger partial charge on any atom is 0.129 e. The predicted octanol–water partition coefficient (Wildman–Crippen LogP) is 3.34. The van der Waals surface area contributed by atoms with Crippen LogP contribution in [0.1, 0.15) is 31.4 Å². The summed E-state index contributed by atoms with van der Waals surface area (Å²) < 4.78 is 13.5. The third-order valence-corrected chi connectivity index (χ3v) is 2.06. The van der Waals surface area contributed by atoms with Gasteiger partial charge in [0.15, 0.2) is 0 Å². The van der Waals surface area contributed by atoms with E-state index in [4.69, 9.17) is 0 Å². The van der Waals surface area contributed by atoms with E-state index in [-0.39, 0.29) is 5.82 Å². The molecule has 1 rings (SSSR count). The smallest absolute Gasteiger partial charge is 0.129 e. The normalized spacial score (nSPS) is 10.2. The fourth-order valence-corrected chi connectivity index (χ4v) is 1.37. The van der Waals surface area contributed by atoms with E-state index in [0.717, 1.165) is 30.4 Å². The summed E-state index contributed by atoms with van der Waals surface area (Å²) in [5, 5.41) is 0. The average molecular weight is 166 g/mol. The molecule has 0 saturated heterocycles. The zero-order valence-electron chi connectivity index (χ0n) is 7.73. The van der Waals surface area contributed by atoms with Crippen LogP contribution < -0.4 is 0 Å². The summed E-state index contributed by atoms with van der Waals surface area (Å²) >= 11 is 0. The van der Waals surface area contributed by atoms with Crippen LogP contribution in [0.15, 0.2) is 18.2 Å². The van der Waals surface area contributed by atoms with E-state index >= 15 is 0 Å². The molecule has 1 aromatic carbocycles. The molecule has 0 N–H and O–H groups in total. The monoisotopic (exact) mass is 166 g/mol. The van der Waals surface area contributed by atoms with E-state index in [1.165, 1.54) is 0 Å². The molecular formula is C11H15F. The summed E-state index contributed by atoms with van der Waals surface area (Å²) in [5.74, 6) is 0.00171. The number of benzene rings is 1. The molecule has 1 heteroatoms. The number of rotatable bonds is 3. The molecule has 0 radical (unpaired) electrons. The van der Waals surface area contributed by atoms with Crippen LogP contribution in [-0.4, -0.2) is 0 Å². The van der Waals surface area contributed by atoms with Crippen molar-refractivity contribution in [1.29, 1.82) is 0 Å². The Kier molecular flexibility index (Phi) is 3.27. The molecule has 0 aliphatic rings. The van der Waals surface area contributed by atoms with E-state index < -0.39 is 0 Å². The van der Waals surface area contributed by atoms with Crippen LogP contribution in [0.4, 0.5) is 4.39 Å². The van der Waals surface area contributed by atoms with Crippen molar-refractivity contribution in [3.05, 3.63) is 35.1 Å². The highest BCUT2D eigenvalue weighted by Gasteiger charge is 2.04. The molecule has 0 amide bonds. The lowest BCUT2D eigenvalue weighted by Gasteiger charge is -2.04. The first-order valence-electron chi connectivity index (χ1n) is 4.55. The van der Waals surface area contributed by atoms with E-state index in [1.54, 1.807) is 0 Å². The van der Waals surface area contributed by atoms with Gasteiger partial charge in [0.1, 0.15) is 5.82 Å². The van der Waals surface area contributed by atoms with Gasteiger partial charge in [0, 0.05) is 0 Å². The molecule has 0 nitrogen and oxygen atoms in total. The third kappa shape index (κ3) is 1.84. The van der Waals surface area contributed by atoms with E-state index in [1.807, 2.05) is 25.1 Å². The molecule has 0 aromatic heterocycles. The van der Waals surface area contributed by atoms with E-state index in [0.29, 0.717) is 0 Å². The molecule has 1 aromatic rings. The molecule has 0 aliphatic carbocycles. The lowest BCUT2D eigenvalue weighted by atomic mass is 10.0. The van der Waals surface area contributed by atoms with Crippen LogP contribution in [0, 0.1) is 5.82 Å². The van der Waals surface area contributed by atoms with Crippen LogP contribution in [0.3, 0.4) is 0 Å². The Balaban J connectivity index is 2.97. The average Bonchev–Trinajstić information content (AvgIpc) is 2.09. The maximum atomic E-state index is 13.5. The van der Waals surface area contributed by atoms with Gasteiger partial charge in [0.25, 0.3) is 0 Å². The third-order valence-electron chi connectivity index (χ3n) is 2.06. The summed E-state index contributed by atoms with van der Waals surface area (Å²) in [4.78, 5) is 0. The van der Waals surface area contributed by atoms with Gasteiger partial charge in [0.05, 0.1) is 0 Å². The molecule has 0 saturated carbocycles. The Bertz CT molecular complexity index is 253. The highest BCUT2D eigenvalue weighted by Crippen LogP contribution is 2.14. The maximum absolute atomic E-state index is 13.5. The Morgan fingerprint density at radius 3 is 2.42 bits per heavy atom. The van der Waals surface area contributed by atoms with Gasteiger partial charge in [-0.2, -0.15) is 0 Å². The standard InChI is InChI=1S/C11H15F/c1-3-6-10-8-5-7-9(4-2)11(10)12/h5,7-8H,3-4,6H2,1-2H3. The Hall–Kier alpha value is -0.850. The second-order valence-electron chi connectivity index (χ2n) is 2.99. The zero-order valence-corrected chi connectivity index (χ0v) is 7.73. The van der Waals surface area contributed by atoms with E-state index in [2.05, 4.69) is 6.92 Å². The van der Waals surface area contributed by atoms with Crippen molar-refractivity contribution in [2.75, 3.05) is 0 Å². The largest absolute Gasteiger partial charge is 0.206 e. The molecule has 0 aliphatic heterocycles. The first-order chi connectivity index (χ1) is 5.79. The van der Waals surface area contributed by atoms with Gasteiger partial charge in [-0.3, -0.25) is 0 Å². The number of aryl methyl sites for hydroxylation is 2. The van der Waals surface area contributed by atoms with Gasteiger partial charge in [0.2, 0.25) is 0 Å². The Morgan fingerprint density at radius 2 is 1.83 bits per heavy atom. The molecule has 0 spiro atoms. The van der Waals surface area contributed by atoms with Crippen LogP contribution in [0.25, 0.3) is 0 Å². The van der Waals surface area contributed by atoms with Crippen molar-refractivity contribution in [3.8, 4) is 0 Å². The second kappa shape index (κ2) is 4.24. The highest BCUT2D eigenvalue weighted by atomic mass is 19.1. The van der Waals surface area contributed by atoms with Gasteiger partial charge in [-0.05, 0) is 24.0 Å². The summed E-state index contributed by atoms with van der Waals surface area (Å²) in [6.45, 7) is 4.05. The fourth-order valence-electron chi connectivity index (χ4n) is 1.37. The molecule has 0 atom stereocenters. The Labute approximate surface area is 73.4 Å². The molecule has 12 heavy (non-hydrogen) atoms. The number of hydrogen-bond acceptors (Lipinski definition) is 0. The van der Waals surface area contributed by atoms with Crippen molar-refractivity contribution in [2.45, 2.75) is 33.1 Å². The van der Waals surface area contributed by atoms with Crippen molar-refractivity contribution >= 4 is 0 Å². The summed E-state index contributed by atoms with van der Waals surface area (Å²) in [6, 6.07) is 5.67. The lowest BCUT2D eigenvalue weighted by Crippen LogP contribution is -1.94. The zero-order chi connectivity index (χ0) is 8.97.